The Morgan fingerprint density at radius 2 is 1.93 bits per heavy atom. The van der Waals surface area contributed by atoms with Gasteiger partial charge in [0.2, 0.25) is 21.6 Å². The molecule has 2 heterocycles. The van der Waals surface area contributed by atoms with E-state index in [2.05, 4.69) is 14.9 Å². The Labute approximate surface area is 179 Å². The van der Waals surface area contributed by atoms with Gasteiger partial charge in [0.15, 0.2) is 5.00 Å². The first-order valence-electron chi connectivity index (χ1n) is 9.61. The molecule has 0 aliphatic carbocycles. The molecule has 1 aliphatic rings. The van der Waals surface area contributed by atoms with Crippen molar-refractivity contribution in [1.29, 1.82) is 0 Å². The molecule has 162 valence electrons. The molecular formula is C19H24N4O5S2. The molecule has 0 atom stereocenters. The van der Waals surface area contributed by atoms with Gasteiger partial charge in [-0.25, -0.2) is 13.2 Å². The summed E-state index contributed by atoms with van der Waals surface area (Å²) in [5.74, 6) is -1.29. The van der Waals surface area contributed by atoms with Crippen molar-refractivity contribution in [3.05, 3.63) is 35.0 Å². The molecule has 0 spiro atoms. The number of amides is 1. The van der Waals surface area contributed by atoms with E-state index in [4.69, 9.17) is 4.74 Å². The van der Waals surface area contributed by atoms with E-state index in [1.54, 1.807) is 25.1 Å². The highest BCUT2D eigenvalue weighted by molar-refractivity contribution is 7.89. The number of ether oxygens (including phenoxy) is 1. The first kappa shape index (κ1) is 22.3. The van der Waals surface area contributed by atoms with Gasteiger partial charge in [-0.2, -0.15) is 4.31 Å². The molecule has 30 heavy (non-hydrogen) atoms. The zero-order valence-corrected chi connectivity index (χ0v) is 18.7. The third kappa shape index (κ3) is 4.68. The minimum atomic E-state index is -3.60. The Morgan fingerprint density at radius 3 is 2.57 bits per heavy atom. The fraction of sp³-hybridized carbons (Fsp3) is 0.474. The maximum absolute atomic E-state index is 12.9. The largest absolute Gasteiger partial charge is 0.461 e. The maximum atomic E-state index is 12.9. The molecule has 2 aromatic rings. The summed E-state index contributed by atoms with van der Waals surface area (Å²) >= 11 is 0.900. The van der Waals surface area contributed by atoms with Crippen LogP contribution >= 0.6 is 11.5 Å². The summed E-state index contributed by atoms with van der Waals surface area (Å²) in [5.41, 5.74) is 1.93. The summed E-state index contributed by atoms with van der Waals surface area (Å²) in [5, 5.41) is 6.64. The van der Waals surface area contributed by atoms with Crippen molar-refractivity contribution in [2.45, 2.75) is 38.5 Å². The first-order chi connectivity index (χ1) is 14.2. The van der Waals surface area contributed by atoms with Crippen molar-refractivity contribution in [3.63, 3.8) is 0 Å². The van der Waals surface area contributed by atoms with Crippen LogP contribution in [0.5, 0.6) is 0 Å². The fourth-order valence-corrected chi connectivity index (χ4v) is 5.32. The van der Waals surface area contributed by atoms with Crippen LogP contribution < -0.4 is 5.32 Å². The Bertz CT molecular complexity index is 1040. The topological polar surface area (TPSA) is 119 Å². The number of piperidine rings is 1. The van der Waals surface area contributed by atoms with Crippen molar-refractivity contribution >= 4 is 38.4 Å². The molecule has 0 bridgehead atoms. The van der Waals surface area contributed by atoms with Gasteiger partial charge in [-0.05, 0) is 56.9 Å². The molecule has 1 saturated heterocycles. The van der Waals surface area contributed by atoms with Gasteiger partial charge in [0.05, 0.1) is 11.5 Å². The fourth-order valence-electron chi connectivity index (χ4n) is 3.20. The van der Waals surface area contributed by atoms with Crippen LogP contribution in [0.25, 0.3) is 0 Å². The van der Waals surface area contributed by atoms with Gasteiger partial charge in [0, 0.05) is 30.5 Å². The third-order valence-electron chi connectivity index (χ3n) is 5.13. The van der Waals surface area contributed by atoms with E-state index in [0.717, 1.165) is 22.7 Å². The second kappa shape index (κ2) is 9.19. The summed E-state index contributed by atoms with van der Waals surface area (Å²) in [7, 11) is -3.60. The standard InChI is InChI=1S/C19H24N4O5S2/c1-4-28-19(25)16-18(29-22-21-16)20-17(24)14-7-9-23(10-8-14)30(26,27)15-6-5-12(2)13(3)11-15/h5-6,11,14H,4,7-10H2,1-3H3,(H,20,24). The molecule has 1 amide bonds. The van der Waals surface area contributed by atoms with E-state index in [9.17, 15) is 18.0 Å². The number of aromatic nitrogens is 2. The van der Waals surface area contributed by atoms with Crippen LogP contribution in [0, 0.1) is 19.8 Å². The SMILES string of the molecule is CCOC(=O)c1nnsc1NC(=O)C1CCN(S(=O)(=O)c2ccc(C)c(C)c2)CC1. The minimum Gasteiger partial charge on any atom is -0.461 e. The minimum absolute atomic E-state index is 0.0232. The molecule has 11 heteroatoms. The predicted octanol–water partition coefficient (Wildman–Crippen LogP) is 2.37. The molecule has 3 rings (SSSR count). The lowest BCUT2D eigenvalue weighted by Crippen LogP contribution is -2.41. The summed E-state index contributed by atoms with van der Waals surface area (Å²) < 4.78 is 35.9. The van der Waals surface area contributed by atoms with Crippen molar-refractivity contribution in [3.8, 4) is 0 Å². The number of carbonyl (C=O) groups is 2. The molecule has 1 aromatic heterocycles. The Kier molecular flexibility index (Phi) is 6.84. The number of hydrogen-bond donors (Lipinski definition) is 1. The zero-order valence-electron chi connectivity index (χ0n) is 17.0. The predicted molar refractivity (Wildman–Crippen MR) is 112 cm³/mol. The van der Waals surface area contributed by atoms with Crippen molar-refractivity contribution in [1.82, 2.24) is 13.9 Å². The molecule has 0 radical (unpaired) electrons. The summed E-state index contributed by atoms with van der Waals surface area (Å²) in [6.45, 7) is 6.18. The van der Waals surface area contributed by atoms with E-state index in [-0.39, 0.29) is 47.1 Å². The number of nitrogens with zero attached hydrogens (tertiary/aromatic N) is 3. The van der Waals surface area contributed by atoms with Crippen LogP contribution in [0.4, 0.5) is 5.00 Å². The number of aryl methyl sites for hydroxylation is 2. The van der Waals surface area contributed by atoms with Crippen LogP contribution in [-0.4, -0.2) is 53.9 Å². The lowest BCUT2D eigenvalue weighted by atomic mass is 9.97. The Balaban J connectivity index is 1.63. The average molecular weight is 453 g/mol. The number of rotatable bonds is 6. The van der Waals surface area contributed by atoms with Crippen LogP contribution in [0.3, 0.4) is 0 Å². The van der Waals surface area contributed by atoms with E-state index in [0.29, 0.717) is 12.8 Å². The van der Waals surface area contributed by atoms with Gasteiger partial charge < -0.3 is 10.1 Å². The lowest BCUT2D eigenvalue weighted by Gasteiger charge is -2.30. The number of anilines is 1. The van der Waals surface area contributed by atoms with Gasteiger partial charge in [0.25, 0.3) is 0 Å². The van der Waals surface area contributed by atoms with Crippen molar-refractivity contribution < 1.29 is 22.7 Å². The van der Waals surface area contributed by atoms with Crippen LogP contribution in [-0.2, 0) is 19.6 Å². The highest BCUT2D eigenvalue weighted by Crippen LogP contribution is 2.27. The summed E-state index contributed by atoms with van der Waals surface area (Å²) in [6, 6.07) is 5.09. The van der Waals surface area contributed by atoms with Crippen LogP contribution in [0.15, 0.2) is 23.1 Å². The average Bonchev–Trinajstić information content (AvgIpc) is 3.18. The molecule has 1 aromatic carbocycles. The maximum Gasteiger partial charge on any atom is 0.362 e. The Morgan fingerprint density at radius 1 is 1.23 bits per heavy atom. The third-order valence-corrected chi connectivity index (χ3v) is 7.67. The second-order valence-corrected chi connectivity index (χ2v) is 9.78. The van der Waals surface area contributed by atoms with Crippen LogP contribution in [0.2, 0.25) is 0 Å². The second-order valence-electron chi connectivity index (χ2n) is 7.08. The van der Waals surface area contributed by atoms with Gasteiger partial charge in [-0.3, -0.25) is 4.79 Å². The number of carbonyl (C=O) groups excluding carboxylic acids is 2. The number of sulfonamides is 1. The number of nitrogens with one attached hydrogen (secondary N) is 1. The highest BCUT2D eigenvalue weighted by Gasteiger charge is 2.33. The first-order valence-corrected chi connectivity index (χ1v) is 11.8. The molecular weight excluding hydrogens is 428 g/mol. The normalized spacial score (nSPS) is 15.7. The smallest absolute Gasteiger partial charge is 0.362 e. The van der Waals surface area contributed by atoms with Gasteiger partial charge in [0.1, 0.15) is 0 Å². The van der Waals surface area contributed by atoms with E-state index >= 15 is 0 Å². The van der Waals surface area contributed by atoms with Gasteiger partial charge in [-0.15, -0.1) is 5.10 Å². The molecule has 0 unspecified atom stereocenters. The number of esters is 1. The Hall–Kier alpha value is -2.37. The molecule has 1 fully saturated rings. The zero-order chi connectivity index (χ0) is 21.9. The molecule has 1 aliphatic heterocycles. The van der Waals surface area contributed by atoms with Crippen molar-refractivity contribution in [2.24, 2.45) is 5.92 Å². The van der Waals surface area contributed by atoms with E-state index < -0.39 is 16.0 Å². The quantitative estimate of drug-likeness (QED) is 0.668. The number of hydrogen-bond acceptors (Lipinski definition) is 8. The monoisotopic (exact) mass is 452 g/mol. The summed E-state index contributed by atoms with van der Waals surface area (Å²) in [4.78, 5) is 24.8. The highest BCUT2D eigenvalue weighted by atomic mass is 32.2. The summed E-state index contributed by atoms with van der Waals surface area (Å²) in [6.07, 6.45) is 0.772. The van der Waals surface area contributed by atoms with E-state index in [1.165, 1.54) is 4.31 Å². The van der Waals surface area contributed by atoms with Gasteiger partial charge >= 0.3 is 5.97 Å². The van der Waals surface area contributed by atoms with Crippen molar-refractivity contribution in [2.75, 3.05) is 25.0 Å². The van der Waals surface area contributed by atoms with Crippen LogP contribution in [0.1, 0.15) is 41.4 Å². The van der Waals surface area contributed by atoms with Gasteiger partial charge in [-0.1, -0.05) is 10.6 Å². The molecule has 1 N–H and O–H groups in total. The lowest BCUT2D eigenvalue weighted by molar-refractivity contribution is -0.120. The van der Waals surface area contributed by atoms with E-state index in [1.807, 2.05) is 13.8 Å². The molecule has 0 saturated carbocycles. The number of benzene rings is 1. The molecule has 9 nitrogen and oxygen atoms in total.